The minimum Gasteiger partial charge on any atom is -0.462 e. The number of esters is 1. The number of piperazine rings is 1. The summed E-state index contributed by atoms with van der Waals surface area (Å²) in [5.41, 5.74) is 0.432. The number of benzene rings is 2. The van der Waals surface area contributed by atoms with Crippen LogP contribution in [-0.2, 0) is 4.74 Å². The highest BCUT2D eigenvalue weighted by molar-refractivity contribution is 5.99. The van der Waals surface area contributed by atoms with Crippen LogP contribution in [0, 0.1) is 20.2 Å². The van der Waals surface area contributed by atoms with Crippen molar-refractivity contribution in [1.82, 2.24) is 4.90 Å². The van der Waals surface area contributed by atoms with E-state index in [2.05, 4.69) is 0 Å². The topological polar surface area (TPSA) is 136 Å². The summed E-state index contributed by atoms with van der Waals surface area (Å²) in [5.74, 6) is -1.15. The first-order valence-corrected chi connectivity index (χ1v) is 9.55. The lowest BCUT2D eigenvalue weighted by Gasteiger charge is -2.36. The molecule has 1 amide bonds. The van der Waals surface area contributed by atoms with Gasteiger partial charge in [-0.05, 0) is 25.1 Å². The van der Waals surface area contributed by atoms with E-state index in [4.69, 9.17) is 4.74 Å². The number of non-ortho nitro benzene ring substituents is 2. The molecular weight excluding hydrogens is 408 g/mol. The zero-order chi connectivity index (χ0) is 22.5. The zero-order valence-electron chi connectivity index (χ0n) is 16.7. The number of amides is 1. The van der Waals surface area contributed by atoms with E-state index < -0.39 is 21.7 Å². The Morgan fingerprint density at radius 1 is 0.903 bits per heavy atom. The Bertz CT molecular complexity index is 1010. The average Bonchev–Trinajstić information content (AvgIpc) is 2.78. The Balaban J connectivity index is 1.73. The standard InChI is InChI=1S/C20H20N4O7/c1-2-31-20(26)15-11-14(12-18(13-15)24(29)30)19(25)22-9-7-21(8-10-22)16-3-5-17(6-4-16)23(27)28/h3-6,11-13H,2,7-10H2,1H3. The number of nitrogens with zero attached hydrogens (tertiary/aromatic N) is 4. The monoisotopic (exact) mass is 428 g/mol. The summed E-state index contributed by atoms with van der Waals surface area (Å²) in [7, 11) is 0. The molecule has 0 aromatic heterocycles. The first-order chi connectivity index (χ1) is 14.8. The first kappa shape index (κ1) is 21.7. The highest BCUT2D eigenvalue weighted by atomic mass is 16.6. The van der Waals surface area contributed by atoms with Gasteiger partial charge in [0, 0.05) is 61.7 Å². The summed E-state index contributed by atoms with van der Waals surface area (Å²) in [6, 6.07) is 9.69. The zero-order valence-corrected chi connectivity index (χ0v) is 16.7. The number of anilines is 1. The maximum atomic E-state index is 12.9. The number of nitro benzene ring substituents is 2. The molecule has 0 radical (unpaired) electrons. The second-order valence-electron chi connectivity index (χ2n) is 6.80. The maximum Gasteiger partial charge on any atom is 0.338 e. The van der Waals surface area contributed by atoms with Gasteiger partial charge in [-0.3, -0.25) is 25.0 Å². The highest BCUT2D eigenvalue weighted by Gasteiger charge is 2.25. The van der Waals surface area contributed by atoms with Gasteiger partial charge in [-0.1, -0.05) is 0 Å². The quantitative estimate of drug-likeness (QED) is 0.389. The van der Waals surface area contributed by atoms with Crippen molar-refractivity contribution in [3.8, 4) is 0 Å². The first-order valence-electron chi connectivity index (χ1n) is 9.55. The van der Waals surface area contributed by atoms with E-state index in [-0.39, 0.29) is 29.1 Å². The molecule has 0 saturated carbocycles. The lowest BCUT2D eigenvalue weighted by molar-refractivity contribution is -0.385. The summed E-state index contributed by atoms with van der Waals surface area (Å²) in [5, 5.41) is 22.0. The van der Waals surface area contributed by atoms with Crippen LogP contribution in [0.3, 0.4) is 0 Å². The van der Waals surface area contributed by atoms with E-state index in [0.29, 0.717) is 26.2 Å². The van der Waals surface area contributed by atoms with Crippen LogP contribution in [-0.4, -0.2) is 59.4 Å². The number of rotatable bonds is 6. The summed E-state index contributed by atoms with van der Waals surface area (Å²) < 4.78 is 4.89. The fraction of sp³-hybridized carbons (Fsp3) is 0.300. The van der Waals surface area contributed by atoms with Crippen LogP contribution in [0.1, 0.15) is 27.6 Å². The average molecular weight is 428 g/mol. The molecule has 11 heteroatoms. The van der Waals surface area contributed by atoms with Crippen molar-refractivity contribution in [2.75, 3.05) is 37.7 Å². The largest absolute Gasteiger partial charge is 0.462 e. The van der Waals surface area contributed by atoms with Crippen LogP contribution >= 0.6 is 0 Å². The van der Waals surface area contributed by atoms with E-state index in [1.54, 1.807) is 24.0 Å². The maximum absolute atomic E-state index is 12.9. The molecule has 1 saturated heterocycles. The predicted molar refractivity (Wildman–Crippen MR) is 110 cm³/mol. The number of carbonyl (C=O) groups excluding carboxylic acids is 2. The van der Waals surface area contributed by atoms with Gasteiger partial charge in [0.25, 0.3) is 17.3 Å². The minimum absolute atomic E-state index is 0.000592. The van der Waals surface area contributed by atoms with Crippen molar-refractivity contribution in [3.63, 3.8) is 0 Å². The molecule has 0 unspecified atom stereocenters. The summed E-state index contributed by atoms with van der Waals surface area (Å²) in [6.07, 6.45) is 0. The van der Waals surface area contributed by atoms with Crippen LogP contribution in [0.4, 0.5) is 17.1 Å². The van der Waals surface area contributed by atoms with Crippen molar-refractivity contribution < 1.29 is 24.2 Å². The molecule has 1 heterocycles. The van der Waals surface area contributed by atoms with Crippen molar-refractivity contribution in [2.24, 2.45) is 0 Å². The Hall–Kier alpha value is -4.02. The SMILES string of the molecule is CCOC(=O)c1cc(C(=O)N2CCN(c3ccc([N+](=O)[O-])cc3)CC2)cc([N+](=O)[O-])c1. The van der Waals surface area contributed by atoms with Crippen LogP contribution in [0.5, 0.6) is 0 Å². The van der Waals surface area contributed by atoms with Gasteiger partial charge in [0.2, 0.25) is 0 Å². The fourth-order valence-corrected chi connectivity index (χ4v) is 3.31. The lowest BCUT2D eigenvalue weighted by atomic mass is 10.1. The molecule has 0 bridgehead atoms. The Morgan fingerprint density at radius 2 is 1.48 bits per heavy atom. The molecule has 3 rings (SSSR count). The second kappa shape index (κ2) is 9.20. The molecule has 162 valence electrons. The van der Waals surface area contributed by atoms with Gasteiger partial charge < -0.3 is 14.5 Å². The van der Waals surface area contributed by atoms with Crippen molar-refractivity contribution in [1.29, 1.82) is 0 Å². The molecule has 1 aliphatic rings. The molecule has 0 N–H and O–H groups in total. The van der Waals surface area contributed by atoms with Crippen LogP contribution in [0.25, 0.3) is 0 Å². The molecule has 31 heavy (non-hydrogen) atoms. The van der Waals surface area contributed by atoms with E-state index in [1.807, 2.05) is 4.90 Å². The van der Waals surface area contributed by atoms with E-state index in [0.717, 1.165) is 17.8 Å². The highest BCUT2D eigenvalue weighted by Crippen LogP contribution is 2.23. The number of carbonyl (C=O) groups is 2. The number of hydrogen-bond donors (Lipinski definition) is 0. The van der Waals surface area contributed by atoms with E-state index in [1.165, 1.54) is 18.2 Å². The number of ether oxygens (including phenoxy) is 1. The van der Waals surface area contributed by atoms with Crippen LogP contribution < -0.4 is 4.90 Å². The molecule has 0 aliphatic carbocycles. The molecule has 11 nitrogen and oxygen atoms in total. The van der Waals surface area contributed by atoms with Gasteiger partial charge >= 0.3 is 5.97 Å². The number of hydrogen-bond acceptors (Lipinski definition) is 8. The lowest BCUT2D eigenvalue weighted by Crippen LogP contribution is -2.48. The van der Waals surface area contributed by atoms with Gasteiger partial charge in [0.15, 0.2) is 0 Å². The summed E-state index contributed by atoms with van der Waals surface area (Å²) in [4.78, 5) is 49.4. The molecule has 1 aliphatic heterocycles. The molecular formula is C20H20N4O7. The van der Waals surface area contributed by atoms with Gasteiger partial charge in [-0.15, -0.1) is 0 Å². The van der Waals surface area contributed by atoms with E-state index >= 15 is 0 Å². The van der Waals surface area contributed by atoms with Gasteiger partial charge in [-0.25, -0.2) is 4.79 Å². The smallest absolute Gasteiger partial charge is 0.338 e. The van der Waals surface area contributed by atoms with Crippen molar-refractivity contribution >= 4 is 28.9 Å². The number of nitro groups is 2. The molecule has 1 fully saturated rings. The van der Waals surface area contributed by atoms with Gasteiger partial charge in [0.05, 0.1) is 22.0 Å². The molecule has 2 aromatic rings. The minimum atomic E-state index is -0.733. The summed E-state index contributed by atoms with van der Waals surface area (Å²) in [6.45, 7) is 3.41. The molecule has 0 spiro atoms. The second-order valence-corrected chi connectivity index (χ2v) is 6.80. The Kier molecular flexibility index (Phi) is 6.43. The van der Waals surface area contributed by atoms with E-state index in [9.17, 15) is 29.8 Å². The van der Waals surface area contributed by atoms with Crippen LogP contribution in [0.2, 0.25) is 0 Å². The molecule has 0 atom stereocenters. The van der Waals surface area contributed by atoms with Gasteiger partial charge in [-0.2, -0.15) is 0 Å². The van der Waals surface area contributed by atoms with Crippen LogP contribution in [0.15, 0.2) is 42.5 Å². The third-order valence-electron chi connectivity index (χ3n) is 4.88. The third kappa shape index (κ3) is 4.94. The third-order valence-corrected chi connectivity index (χ3v) is 4.88. The molecule has 2 aromatic carbocycles. The van der Waals surface area contributed by atoms with Crippen molar-refractivity contribution in [3.05, 3.63) is 73.8 Å². The summed E-state index contributed by atoms with van der Waals surface area (Å²) >= 11 is 0. The Labute approximate surface area is 177 Å². The van der Waals surface area contributed by atoms with Crippen molar-refractivity contribution in [2.45, 2.75) is 6.92 Å². The Morgan fingerprint density at radius 3 is 2.03 bits per heavy atom. The van der Waals surface area contributed by atoms with Gasteiger partial charge in [0.1, 0.15) is 0 Å². The fourth-order valence-electron chi connectivity index (χ4n) is 3.31. The normalized spacial score (nSPS) is 13.6. The predicted octanol–water partition coefficient (Wildman–Crippen LogP) is 2.64.